The zero-order chi connectivity index (χ0) is 18.1. The van der Waals surface area contributed by atoms with E-state index < -0.39 is 0 Å². The number of hydrogen-bond donors (Lipinski definition) is 3. The molecule has 1 aliphatic heterocycles. The summed E-state index contributed by atoms with van der Waals surface area (Å²) in [4.78, 5) is 32.9. The van der Waals surface area contributed by atoms with Crippen molar-refractivity contribution in [1.82, 2.24) is 20.6 Å². The Hall–Kier alpha value is -3.35. The van der Waals surface area contributed by atoms with E-state index in [9.17, 15) is 9.59 Å². The van der Waals surface area contributed by atoms with Gasteiger partial charge in [0.25, 0.3) is 0 Å². The van der Waals surface area contributed by atoms with Crippen LogP contribution in [0.2, 0.25) is 0 Å². The Kier molecular flexibility index (Phi) is 4.04. The molecule has 4 rings (SSSR count). The molecule has 0 saturated heterocycles. The van der Waals surface area contributed by atoms with Gasteiger partial charge in [0.1, 0.15) is 0 Å². The first-order chi connectivity index (χ1) is 12.6. The molecular weight excluding hydrogens is 330 g/mol. The summed E-state index contributed by atoms with van der Waals surface area (Å²) in [6.07, 6.45) is 2.16. The summed E-state index contributed by atoms with van der Waals surface area (Å²) in [5.74, 6) is 0.0932. The maximum absolute atomic E-state index is 12.0. The molecule has 1 aromatic carbocycles. The number of urea groups is 1. The lowest BCUT2D eigenvalue weighted by Crippen LogP contribution is -2.34. The average molecular weight is 349 g/mol. The number of nitrogens with one attached hydrogen (secondary N) is 3. The van der Waals surface area contributed by atoms with Gasteiger partial charge in [0.2, 0.25) is 5.91 Å². The topological polar surface area (TPSA) is 90.1 Å². The molecule has 0 aliphatic carbocycles. The molecule has 3 amide bonds. The Balaban J connectivity index is 1.31. The second-order valence-corrected chi connectivity index (χ2v) is 6.36. The number of carbonyl (C=O) groups is 2. The Morgan fingerprint density at radius 3 is 2.92 bits per heavy atom. The van der Waals surface area contributed by atoms with Crippen LogP contribution in [0.5, 0.6) is 0 Å². The van der Waals surface area contributed by atoms with Crippen LogP contribution in [-0.4, -0.2) is 29.0 Å². The Morgan fingerprint density at radius 2 is 2.08 bits per heavy atom. The lowest BCUT2D eigenvalue weighted by Gasteiger charge is -2.11. The van der Waals surface area contributed by atoms with Crippen molar-refractivity contribution >= 4 is 28.7 Å². The third kappa shape index (κ3) is 3.11. The molecule has 3 aromatic rings. The summed E-state index contributed by atoms with van der Waals surface area (Å²) < 4.78 is 0. The normalized spacial score (nSPS) is 13.1. The lowest BCUT2D eigenvalue weighted by atomic mass is 10.1. The highest BCUT2D eigenvalue weighted by atomic mass is 16.2. The molecule has 0 saturated carbocycles. The van der Waals surface area contributed by atoms with Crippen molar-refractivity contribution in [1.29, 1.82) is 0 Å². The van der Waals surface area contributed by atoms with Crippen LogP contribution in [0.15, 0.2) is 42.6 Å². The number of hydrogen-bond acceptors (Lipinski definition) is 3. The molecular formula is C19H19N5O2. The number of amides is 3. The van der Waals surface area contributed by atoms with Crippen LogP contribution in [0.3, 0.4) is 0 Å². The SMILES string of the molecule is CN1C(=O)Cc2cc(CNC(=O)NCc3cc4ncccc4[nH]3)ccc21. The molecule has 7 heteroatoms. The second-order valence-electron chi connectivity index (χ2n) is 6.36. The number of likely N-dealkylation sites (N-methyl/N-ethyl adjacent to an activating group) is 1. The van der Waals surface area contributed by atoms with Gasteiger partial charge < -0.3 is 20.5 Å². The number of aromatic amines is 1. The third-order valence-electron chi connectivity index (χ3n) is 4.56. The molecule has 0 unspecified atom stereocenters. The fourth-order valence-corrected chi connectivity index (χ4v) is 3.16. The predicted molar refractivity (Wildman–Crippen MR) is 98.7 cm³/mol. The van der Waals surface area contributed by atoms with Gasteiger partial charge in [-0.3, -0.25) is 9.78 Å². The number of carbonyl (C=O) groups excluding carboxylic acids is 2. The van der Waals surface area contributed by atoms with Crippen LogP contribution in [0, 0.1) is 0 Å². The Labute approximate surface area is 150 Å². The van der Waals surface area contributed by atoms with E-state index in [1.165, 1.54) is 0 Å². The molecule has 0 fully saturated rings. The summed E-state index contributed by atoms with van der Waals surface area (Å²) in [6.45, 7) is 0.803. The van der Waals surface area contributed by atoms with E-state index in [0.29, 0.717) is 19.5 Å². The summed E-state index contributed by atoms with van der Waals surface area (Å²) in [7, 11) is 1.78. The molecule has 3 N–H and O–H groups in total. The molecule has 132 valence electrons. The molecule has 2 aromatic heterocycles. The Morgan fingerprint density at radius 1 is 1.23 bits per heavy atom. The fourth-order valence-electron chi connectivity index (χ4n) is 3.16. The van der Waals surface area contributed by atoms with Gasteiger partial charge in [-0.2, -0.15) is 0 Å². The van der Waals surface area contributed by atoms with Crippen LogP contribution in [0.4, 0.5) is 10.5 Å². The maximum atomic E-state index is 12.0. The molecule has 0 radical (unpaired) electrons. The van der Waals surface area contributed by atoms with Crippen molar-refractivity contribution in [3.8, 4) is 0 Å². The average Bonchev–Trinajstić information content (AvgIpc) is 3.18. The van der Waals surface area contributed by atoms with Crippen molar-refractivity contribution in [3.63, 3.8) is 0 Å². The molecule has 3 heterocycles. The number of nitrogens with zero attached hydrogens (tertiary/aromatic N) is 2. The molecule has 1 aliphatic rings. The number of aromatic nitrogens is 2. The van der Waals surface area contributed by atoms with Crippen LogP contribution < -0.4 is 15.5 Å². The second kappa shape index (κ2) is 6.51. The van der Waals surface area contributed by atoms with Gasteiger partial charge in [-0.15, -0.1) is 0 Å². The number of fused-ring (bicyclic) bond motifs is 2. The van der Waals surface area contributed by atoms with E-state index in [1.54, 1.807) is 18.1 Å². The first-order valence-corrected chi connectivity index (χ1v) is 8.43. The first-order valence-electron chi connectivity index (χ1n) is 8.43. The summed E-state index contributed by atoms with van der Waals surface area (Å²) >= 11 is 0. The summed E-state index contributed by atoms with van der Waals surface area (Å²) in [5, 5.41) is 5.66. The van der Waals surface area contributed by atoms with Gasteiger partial charge in [0.15, 0.2) is 0 Å². The fraction of sp³-hybridized carbons (Fsp3) is 0.211. The lowest BCUT2D eigenvalue weighted by molar-refractivity contribution is -0.117. The largest absolute Gasteiger partial charge is 0.356 e. The number of anilines is 1. The van der Waals surface area contributed by atoms with Crippen LogP contribution in [0.1, 0.15) is 16.8 Å². The van der Waals surface area contributed by atoms with Gasteiger partial charge in [-0.05, 0) is 35.4 Å². The minimum atomic E-state index is -0.245. The van der Waals surface area contributed by atoms with Gasteiger partial charge in [-0.1, -0.05) is 12.1 Å². The highest BCUT2D eigenvalue weighted by molar-refractivity contribution is 6.00. The van der Waals surface area contributed by atoms with Crippen LogP contribution in [0.25, 0.3) is 11.0 Å². The minimum Gasteiger partial charge on any atom is -0.356 e. The monoisotopic (exact) mass is 349 g/mol. The molecule has 7 nitrogen and oxygen atoms in total. The Bertz CT molecular complexity index is 962. The van der Waals surface area contributed by atoms with Crippen molar-refractivity contribution < 1.29 is 9.59 Å². The van der Waals surface area contributed by atoms with Crippen molar-refractivity contribution in [2.45, 2.75) is 19.5 Å². The predicted octanol–water partition coefficient (Wildman–Crippen LogP) is 2.08. The van der Waals surface area contributed by atoms with Crippen molar-refractivity contribution in [3.05, 3.63) is 59.4 Å². The van der Waals surface area contributed by atoms with Gasteiger partial charge in [0.05, 0.1) is 24.0 Å². The van der Waals surface area contributed by atoms with E-state index >= 15 is 0 Å². The first kappa shape index (κ1) is 16.1. The molecule has 0 atom stereocenters. The van der Waals surface area contributed by atoms with Crippen molar-refractivity contribution in [2.24, 2.45) is 0 Å². The highest BCUT2D eigenvalue weighted by Crippen LogP contribution is 2.28. The van der Waals surface area contributed by atoms with E-state index in [0.717, 1.165) is 33.5 Å². The van der Waals surface area contributed by atoms with Crippen molar-refractivity contribution in [2.75, 3.05) is 11.9 Å². The minimum absolute atomic E-state index is 0.0932. The number of rotatable bonds is 4. The van der Waals surface area contributed by atoms with E-state index in [-0.39, 0.29) is 11.9 Å². The number of benzene rings is 1. The standard InChI is InChI=1S/C19H19N5O2/c1-24-17-5-4-12(7-13(17)8-18(24)25)10-21-19(26)22-11-14-9-16-15(23-14)3-2-6-20-16/h2-7,9,23H,8,10-11H2,1H3,(H2,21,22,26). The highest BCUT2D eigenvalue weighted by Gasteiger charge is 2.23. The molecule has 26 heavy (non-hydrogen) atoms. The maximum Gasteiger partial charge on any atom is 0.315 e. The number of pyridine rings is 1. The smallest absolute Gasteiger partial charge is 0.315 e. The van der Waals surface area contributed by atoms with Crippen LogP contribution >= 0.6 is 0 Å². The summed E-state index contributed by atoms with van der Waals surface area (Å²) in [5.41, 5.74) is 5.63. The van der Waals surface area contributed by atoms with E-state index in [2.05, 4.69) is 20.6 Å². The summed E-state index contributed by atoms with van der Waals surface area (Å²) in [6, 6.07) is 11.3. The molecule has 0 bridgehead atoms. The van der Waals surface area contributed by atoms with Crippen LogP contribution in [-0.2, 0) is 24.3 Å². The molecule has 0 spiro atoms. The third-order valence-corrected chi connectivity index (χ3v) is 4.56. The quantitative estimate of drug-likeness (QED) is 0.674. The number of H-pyrrole nitrogens is 1. The van der Waals surface area contributed by atoms with E-state index in [1.807, 2.05) is 36.4 Å². The zero-order valence-corrected chi connectivity index (χ0v) is 14.4. The zero-order valence-electron chi connectivity index (χ0n) is 14.4. The van der Waals surface area contributed by atoms with Gasteiger partial charge in [0, 0.05) is 31.2 Å². The van der Waals surface area contributed by atoms with E-state index in [4.69, 9.17) is 0 Å². The van der Waals surface area contributed by atoms with Gasteiger partial charge in [-0.25, -0.2) is 4.79 Å². The van der Waals surface area contributed by atoms with Gasteiger partial charge >= 0.3 is 6.03 Å².